The summed E-state index contributed by atoms with van der Waals surface area (Å²) in [4.78, 5) is 0. The maximum Gasteiger partial charge on any atom is 0.150 e. The van der Waals surface area contributed by atoms with Crippen molar-refractivity contribution >= 4 is 9.84 Å². The van der Waals surface area contributed by atoms with Crippen LogP contribution in [0.1, 0.15) is 31.7 Å². The van der Waals surface area contributed by atoms with Gasteiger partial charge in [0.2, 0.25) is 0 Å². The Kier molecular flexibility index (Phi) is 3.17. The van der Waals surface area contributed by atoms with E-state index in [4.69, 9.17) is 0 Å². The second-order valence-corrected chi connectivity index (χ2v) is 8.54. The fourth-order valence-electron chi connectivity index (χ4n) is 4.12. The molecule has 2 fully saturated rings. The average Bonchev–Trinajstić information content (AvgIpc) is 2.44. The predicted octanol–water partition coefficient (Wildman–Crippen LogP) is 2.89. The molecule has 0 saturated heterocycles. The smallest absolute Gasteiger partial charge is 0.150 e. The molecule has 2 atom stereocenters. The van der Waals surface area contributed by atoms with Crippen molar-refractivity contribution in [3.63, 3.8) is 0 Å². The number of sulfone groups is 1. The summed E-state index contributed by atoms with van der Waals surface area (Å²) in [7, 11) is -2.95. The lowest BCUT2D eigenvalue weighted by molar-refractivity contribution is -0.0245. The summed E-state index contributed by atoms with van der Waals surface area (Å²) >= 11 is 0. The largest absolute Gasteiger partial charge is 0.229 e. The van der Waals surface area contributed by atoms with E-state index in [9.17, 15) is 8.42 Å². The van der Waals surface area contributed by atoms with Gasteiger partial charge in [-0.2, -0.15) is 0 Å². The molecule has 2 aliphatic rings. The Hall–Kier alpha value is -1.27. The lowest BCUT2D eigenvalue weighted by Crippen LogP contribution is -2.63. The second kappa shape index (κ2) is 4.63. The van der Waals surface area contributed by atoms with E-state index in [-0.39, 0.29) is 22.5 Å². The van der Waals surface area contributed by atoms with Gasteiger partial charge in [0.1, 0.15) is 0 Å². The van der Waals surface area contributed by atoms with E-state index in [2.05, 4.69) is 18.8 Å². The van der Waals surface area contributed by atoms with Gasteiger partial charge in [-0.05, 0) is 43.7 Å². The zero-order valence-electron chi connectivity index (χ0n) is 12.0. The third-order valence-corrected chi connectivity index (χ3v) is 6.75. The topological polar surface area (TPSA) is 34.1 Å². The molecule has 2 bridgehead atoms. The Morgan fingerprint density at radius 3 is 2.30 bits per heavy atom. The summed E-state index contributed by atoms with van der Waals surface area (Å²) in [5.41, 5.74) is 0.886. The Morgan fingerprint density at radius 1 is 1.15 bits per heavy atom. The standard InChI is InChI=1S/C17H20O2S/c1-17(12-11-13-7-4-3-5-8-13)14-9-6-10-15(17)16(14)20(2,18)19/h3-5,7-8,14-16H,6,9-10H2,1-2H3. The Bertz CT molecular complexity index is 652. The van der Waals surface area contributed by atoms with Crippen LogP contribution in [0.3, 0.4) is 0 Å². The summed E-state index contributed by atoms with van der Waals surface area (Å²) in [6.45, 7) is 2.15. The molecule has 0 heterocycles. The molecule has 3 rings (SSSR count). The molecule has 2 aliphatic carbocycles. The van der Waals surface area contributed by atoms with Gasteiger partial charge in [0.15, 0.2) is 9.84 Å². The van der Waals surface area contributed by atoms with Gasteiger partial charge in [-0.15, -0.1) is 0 Å². The van der Waals surface area contributed by atoms with Crippen LogP contribution in [0.4, 0.5) is 0 Å². The lowest BCUT2D eigenvalue weighted by atomic mass is 9.48. The highest BCUT2D eigenvalue weighted by Gasteiger charge is 2.63. The van der Waals surface area contributed by atoms with Crippen LogP contribution in [0, 0.1) is 29.1 Å². The van der Waals surface area contributed by atoms with Gasteiger partial charge in [0.05, 0.1) is 5.25 Å². The van der Waals surface area contributed by atoms with Crippen LogP contribution in [0.15, 0.2) is 30.3 Å². The van der Waals surface area contributed by atoms with Crippen molar-refractivity contribution in [3.8, 4) is 11.8 Å². The van der Waals surface area contributed by atoms with E-state index >= 15 is 0 Å². The maximum absolute atomic E-state index is 11.9. The minimum absolute atomic E-state index is 0.123. The molecule has 0 amide bonds. The second-order valence-electron chi connectivity index (χ2n) is 6.34. The minimum atomic E-state index is -2.95. The van der Waals surface area contributed by atoms with Crippen molar-refractivity contribution in [1.82, 2.24) is 0 Å². The van der Waals surface area contributed by atoms with E-state index in [1.54, 1.807) is 0 Å². The molecule has 2 unspecified atom stereocenters. The SMILES string of the molecule is CC1(C#Cc2ccccc2)C2CCCC1C2S(C)(=O)=O. The average molecular weight is 288 g/mol. The zero-order chi connectivity index (χ0) is 14.4. The molecule has 106 valence electrons. The molecule has 2 nitrogen and oxygen atoms in total. The highest BCUT2D eigenvalue weighted by atomic mass is 32.2. The molecule has 0 spiro atoms. The molecule has 1 aromatic rings. The Labute approximate surface area is 121 Å². The van der Waals surface area contributed by atoms with E-state index in [0.717, 1.165) is 24.8 Å². The highest BCUT2D eigenvalue weighted by Crippen LogP contribution is 2.61. The summed E-state index contributed by atoms with van der Waals surface area (Å²) < 4.78 is 23.9. The third kappa shape index (κ3) is 2.07. The van der Waals surface area contributed by atoms with Crippen LogP contribution in [0.5, 0.6) is 0 Å². The molecule has 0 radical (unpaired) electrons. The molecular formula is C17H20O2S. The first-order valence-electron chi connectivity index (χ1n) is 7.20. The molecular weight excluding hydrogens is 268 g/mol. The van der Waals surface area contributed by atoms with Gasteiger partial charge in [-0.25, -0.2) is 8.42 Å². The maximum atomic E-state index is 11.9. The van der Waals surface area contributed by atoms with Crippen molar-refractivity contribution in [3.05, 3.63) is 35.9 Å². The number of benzene rings is 1. The summed E-state index contributed by atoms with van der Waals surface area (Å²) in [6.07, 6.45) is 4.51. The van der Waals surface area contributed by atoms with Gasteiger partial charge in [-0.3, -0.25) is 0 Å². The predicted molar refractivity (Wildman–Crippen MR) is 80.9 cm³/mol. The number of rotatable bonds is 1. The molecule has 1 aromatic carbocycles. The van der Waals surface area contributed by atoms with Gasteiger partial charge in [-0.1, -0.05) is 36.5 Å². The normalized spacial score (nSPS) is 35.6. The summed E-state index contributed by atoms with van der Waals surface area (Å²) in [5, 5.41) is -0.161. The van der Waals surface area contributed by atoms with Crippen LogP contribution in [0.25, 0.3) is 0 Å². The van der Waals surface area contributed by atoms with Crippen molar-refractivity contribution in [2.75, 3.05) is 6.26 Å². The first kappa shape index (κ1) is 13.7. The van der Waals surface area contributed by atoms with Gasteiger partial charge in [0, 0.05) is 17.2 Å². The van der Waals surface area contributed by atoms with Crippen LogP contribution >= 0.6 is 0 Å². The van der Waals surface area contributed by atoms with Crippen molar-refractivity contribution in [2.24, 2.45) is 17.3 Å². The van der Waals surface area contributed by atoms with Crippen molar-refractivity contribution in [1.29, 1.82) is 0 Å². The molecule has 20 heavy (non-hydrogen) atoms. The molecule has 2 saturated carbocycles. The highest BCUT2D eigenvalue weighted by molar-refractivity contribution is 7.91. The van der Waals surface area contributed by atoms with Crippen LogP contribution in [-0.2, 0) is 9.84 Å². The van der Waals surface area contributed by atoms with E-state index in [0.29, 0.717) is 0 Å². The summed E-state index contributed by atoms with van der Waals surface area (Å²) in [6, 6.07) is 9.93. The molecule has 0 N–H and O–H groups in total. The van der Waals surface area contributed by atoms with Crippen LogP contribution < -0.4 is 0 Å². The van der Waals surface area contributed by atoms with Gasteiger partial charge < -0.3 is 0 Å². The van der Waals surface area contributed by atoms with Crippen LogP contribution in [0.2, 0.25) is 0 Å². The number of fused-ring (bicyclic) bond motifs is 2. The third-order valence-electron chi connectivity index (χ3n) is 5.11. The monoisotopic (exact) mass is 288 g/mol. The summed E-state index contributed by atoms with van der Waals surface area (Å²) in [5.74, 6) is 7.07. The molecule has 0 aliphatic heterocycles. The first-order chi connectivity index (χ1) is 9.43. The van der Waals surface area contributed by atoms with Crippen molar-refractivity contribution < 1.29 is 8.42 Å². The van der Waals surface area contributed by atoms with E-state index in [1.807, 2.05) is 30.3 Å². The van der Waals surface area contributed by atoms with Crippen LogP contribution in [-0.4, -0.2) is 19.9 Å². The number of hydrogen-bond donors (Lipinski definition) is 0. The Morgan fingerprint density at radius 2 is 1.75 bits per heavy atom. The first-order valence-corrected chi connectivity index (χ1v) is 9.15. The molecule has 0 aromatic heterocycles. The van der Waals surface area contributed by atoms with Gasteiger partial charge >= 0.3 is 0 Å². The quantitative estimate of drug-likeness (QED) is 0.745. The number of hydrogen-bond acceptors (Lipinski definition) is 2. The minimum Gasteiger partial charge on any atom is -0.229 e. The van der Waals surface area contributed by atoms with E-state index < -0.39 is 9.84 Å². The van der Waals surface area contributed by atoms with Crippen molar-refractivity contribution in [2.45, 2.75) is 31.4 Å². The lowest BCUT2D eigenvalue weighted by Gasteiger charge is -2.60. The zero-order valence-corrected chi connectivity index (χ0v) is 12.8. The Balaban J connectivity index is 1.90. The fourth-order valence-corrected chi connectivity index (χ4v) is 6.15. The molecule has 3 heteroatoms. The fraction of sp³-hybridized carbons (Fsp3) is 0.529. The van der Waals surface area contributed by atoms with E-state index in [1.165, 1.54) is 6.26 Å². The van der Waals surface area contributed by atoms with Gasteiger partial charge in [0.25, 0.3) is 0 Å².